The van der Waals surface area contributed by atoms with Gasteiger partial charge in [0.15, 0.2) is 0 Å². The lowest BCUT2D eigenvalue weighted by Gasteiger charge is -2.22. The lowest BCUT2D eigenvalue weighted by molar-refractivity contribution is 0.0853. The molecule has 2 aromatic heterocycles. The van der Waals surface area contributed by atoms with E-state index in [4.69, 9.17) is 15.2 Å². The topological polar surface area (TPSA) is 70.3 Å². The monoisotopic (exact) mass is 447 g/mol. The van der Waals surface area contributed by atoms with E-state index in [2.05, 4.69) is 54.1 Å². The van der Waals surface area contributed by atoms with Crippen molar-refractivity contribution in [2.75, 3.05) is 32.2 Å². The van der Waals surface area contributed by atoms with Gasteiger partial charge in [0.2, 0.25) is 0 Å². The molecule has 0 amide bonds. The SMILES string of the molecule is CCCCOCCC.Nc1ncc(-c2ccc(C3CCOCC3)cc2)cc1-c1ccncc1. The summed E-state index contributed by atoms with van der Waals surface area (Å²) >= 11 is 0. The number of anilines is 1. The minimum Gasteiger partial charge on any atom is -0.383 e. The van der Waals surface area contributed by atoms with Crippen LogP contribution in [-0.2, 0) is 9.47 Å². The Morgan fingerprint density at radius 3 is 2.30 bits per heavy atom. The number of hydrogen-bond acceptors (Lipinski definition) is 5. The molecule has 0 saturated carbocycles. The Kier molecular flexibility index (Phi) is 10.3. The zero-order valence-electron chi connectivity index (χ0n) is 20.0. The molecule has 1 aromatic carbocycles. The molecule has 4 rings (SSSR count). The van der Waals surface area contributed by atoms with Gasteiger partial charge in [-0.1, -0.05) is 44.5 Å². The molecule has 1 aliphatic rings. The van der Waals surface area contributed by atoms with E-state index in [-0.39, 0.29) is 0 Å². The molecule has 1 fully saturated rings. The maximum absolute atomic E-state index is 6.08. The average molecular weight is 448 g/mol. The van der Waals surface area contributed by atoms with Crippen molar-refractivity contribution in [3.05, 3.63) is 66.6 Å². The standard InChI is InChI=1S/C21H21N3O.C7H16O/c22-21-20(18-5-9-23-10-6-18)13-19(14-24-21)16-3-1-15(2-4-16)17-7-11-25-12-8-17;1-3-5-7-8-6-4-2/h1-6,9-10,13-14,17H,7-8,11-12H2,(H2,22,24);3-7H2,1-2H3. The molecule has 3 heterocycles. The molecule has 3 aromatic rings. The first-order valence-corrected chi connectivity index (χ1v) is 12.1. The zero-order chi connectivity index (χ0) is 23.3. The second-order valence-corrected chi connectivity index (χ2v) is 8.37. The Balaban J connectivity index is 0.000000331. The summed E-state index contributed by atoms with van der Waals surface area (Å²) in [6, 6.07) is 14.8. The number of hydrogen-bond donors (Lipinski definition) is 1. The van der Waals surface area contributed by atoms with E-state index in [0.717, 1.165) is 67.9 Å². The van der Waals surface area contributed by atoms with Gasteiger partial charge in [0.1, 0.15) is 5.82 Å². The van der Waals surface area contributed by atoms with Crippen LogP contribution in [-0.4, -0.2) is 36.4 Å². The molecule has 0 radical (unpaired) electrons. The molecule has 5 nitrogen and oxygen atoms in total. The van der Waals surface area contributed by atoms with Crippen LogP contribution >= 0.6 is 0 Å². The van der Waals surface area contributed by atoms with Crippen molar-refractivity contribution in [2.24, 2.45) is 0 Å². The first-order valence-electron chi connectivity index (χ1n) is 12.1. The number of aromatic nitrogens is 2. The van der Waals surface area contributed by atoms with Crippen LogP contribution in [0.3, 0.4) is 0 Å². The summed E-state index contributed by atoms with van der Waals surface area (Å²) in [6.45, 7) is 7.92. The summed E-state index contributed by atoms with van der Waals surface area (Å²) in [5.41, 5.74) is 11.7. The zero-order valence-corrected chi connectivity index (χ0v) is 20.0. The fourth-order valence-corrected chi connectivity index (χ4v) is 3.87. The summed E-state index contributed by atoms with van der Waals surface area (Å²) in [6.07, 6.45) is 11.2. The number of nitrogens with two attached hydrogens (primary N) is 1. The van der Waals surface area contributed by atoms with Crippen molar-refractivity contribution in [1.82, 2.24) is 9.97 Å². The van der Waals surface area contributed by atoms with Crippen LogP contribution in [0.25, 0.3) is 22.3 Å². The quantitative estimate of drug-likeness (QED) is 0.399. The van der Waals surface area contributed by atoms with Crippen LogP contribution in [0.5, 0.6) is 0 Å². The maximum Gasteiger partial charge on any atom is 0.131 e. The van der Waals surface area contributed by atoms with Gasteiger partial charge >= 0.3 is 0 Å². The minimum absolute atomic E-state index is 0.536. The molecule has 2 N–H and O–H groups in total. The Bertz CT molecular complexity index is 933. The van der Waals surface area contributed by atoms with Gasteiger partial charge in [-0.2, -0.15) is 0 Å². The number of ether oxygens (including phenoxy) is 2. The fourth-order valence-electron chi connectivity index (χ4n) is 3.87. The molecule has 0 unspecified atom stereocenters. The summed E-state index contributed by atoms with van der Waals surface area (Å²) in [7, 11) is 0. The molecule has 0 aliphatic carbocycles. The van der Waals surface area contributed by atoms with Crippen LogP contribution in [0.15, 0.2) is 61.1 Å². The second-order valence-electron chi connectivity index (χ2n) is 8.37. The van der Waals surface area contributed by atoms with Crippen LogP contribution < -0.4 is 5.73 Å². The van der Waals surface area contributed by atoms with Gasteiger partial charge in [0, 0.05) is 56.1 Å². The van der Waals surface area contributed by atoms with Crippen LogP contribution in [0, 0.1) is 0 Å². The number of nitrogen functional groups attached to an aromatic ring is 1. The van der Waals surface area contributed by atoms with E-state index < -0.39 is 0 Å². The van der Waals surface area contributed by atoms with Crippen LogP contribution in [0.4, 0.5) is 5.82 Å². The Labute approximate surface area is 198 Å². The first-order chi connectivity index (χ1) is 16.2. The molecule has 5 heteroatoms. The Hall–Kier alpha value is -2.76. The normalized spacial score (nSPS) is 13.9. The van der Waals surface area contributed by atoms with Gasteiger partial charge in [-0.15, -0.1) is 0 Å². The highest BCUT2D eigenvalue weighted by atomic mass is 16.5. The molecule has 0 spiro atoms. The summed E-state index contributed by atoms with van der Waals surface area (Å²) in [5.74, 6) is 1.15. The third-order valence-corrected chi connectivity index (χ3v) is 5.84. The summed E-state index contributed by atoms with van der Waals surface area (Å²) < 4.78 is 10.7. The van der Waals surface area contributed by atoms with E-state index in [1.54, 1.807) is 12.4 Å². The van der Waals surface area contributed by atoms with Gasteiger partial charge in [-0.25, -0.2) is 4.98 Å². The van der Waals surface area contributed by atoms with E-state index in [1.165, 1.54) is 18.4 Å². The number of benzene rings is 1. The highest BCUT2D eigenvalue weighted by molar-refractivity contribution is 5.79. The lowest BCUT2D eigenvalue weighted by atomic mass is 9.90. The second kappa shape index (κ2) is 13.7. The van der Waals surface area contributed by atoms with Crippen molar-refractivity contribution in [2.45, 2.75) is 51.9 Å². The minimum atomic E-state index is 0.536. The molecule has 1 saturated heterocycles. The van der Waals surface area contributed by atoms with Crippen molar-refractivity contribution >= 4 is 5.82 Å². The van der Waals surface area contributed by atoms with Crippen molar-refractivity contribution in [1.29, 1.82) is 0 Å². The van der Waals surface area contributed by atoms with E-state index in [0.29, 0.717) is 11.7 Å². The fraction of sp³-hybridized carbons (Fsp3) is 0.429. The van der Waals surface area contributed by atoms with E-state index in [1.807, 2.05) is 18.3 Å². The number of nitrogens with zero attached hydrogens (tertiary/aromatic N) is 2. The Morgan fingerprint density at radius 2 is 1.64 bits per heavy atom. The Morgan fingerprint density at radius 1 is 0.909 bits per heavy atom. The predicted octanol–water partition coefficient (Wildman–Crippen LogP) is 6.50. The summed E-state index contributed by atoms with van der Waals surface area (Å²) in [5, 5.41) is 0. The van der Waals surface area contributed by atoms with Crippen molar-refractivity contribution in [3.63, 3.8) is 0 Å². The van der Waals surface area contributed by atoms with Gasteiger partial charge in [0.05, 0.1) is 0 Å². The predicted molar refractivity (Wildman–Crippen MR) is 136 cm³/mol. The number of pyridine rings is 2. The number of unbranched alkanes of at least 4 members (excludes halogenated alkanes) is 1. The van der Waals surface area contributed by atoms with E-state index in [9.17, 15) is 0 Å². The molecule has 0 atom stereocenters. The smallest absolute Gasteiger partial charge is 0.131 e. The first kappa shape index (κ1) is 24.9. The van der Waals surface area contributed by atoms with Gasteiger partial charge in [-0.3, -0.25) is 4.98 Å². The highest BCUT2D eigenvalue weighted by Gasteiger charge is 2.16. The average Bonchev–Trinajstić information content (AvgIpc) is 2.89. The van der Waals surface area contributed by atoms with Crippen molar-refractivity contribution in [3.8, 4) is 22.3 Å². The molecule has 176 valence electrons. The molecular weight excluding hydrogens is 410 g/mol. The largest absolute Gasteiger partial charge is 0.383 e. The van der Waals surface area contributed by atoms with Gasteiger partial charge < -0.3 is 15.2 Å². The molecule has 0 bridgehead atoms. The third kappa shape index (κ3) is 7.65. The van der Waals surface area contributed by atoms with E-state index >= 15 is 0 Å². The molecule has 1 aliphatic heterocycles. The molecule has 33 heavy (non-hydrogen) atoms. The maximum atomic E-state index is 6.08. The van der Waals surface area contributed by atoms with Crippen LogP contribution in [0.1, 0.15) is 57.4 Å². The third-order valence-electron chi connectivity index (χ3n) is 5.84. The van der Waals surface area contributed by atoms with Gasteiger partial charge in [0.25, 0.3) is 0 Å². The van der Waals surface area contributed by atoms with Crippen molar-refractivity contribution < 1.29 is 9.47 Å². The van der Waals surface area contributed by atoms with Crippen LogP contribution in [0.2, 0.25) is 0 Å². The van der Waals surface area contributed by atoms with Gasteiger partial charge in [-0.05, 0) is 66.5 Å². The summed E-state index contributed by atoms with van der Waals surface area (Å²) in [4.78, 5) is 8.45. The highest BCUT2D eigenvalue weighted by Crippen LogP contribution is 2.31. The molecular formula is C28H37N3O2. The lowest BCUT2D eigenvalue weighted by Crippen LogP contribution is -2.13. The number of rotatable bonds is 8.